The van der Waals surface area contributed by atoms with Crippen LogP contribution in [0.5, 0.6) is 17.2 Å². The van der Waals surface area contributed by atoms with Gasteiger partial charge in [-0.1, -0.05) is 63.3 Å². The van der Waals surface area contributed by atoms with Crippen molar-refractivity contribution in [1.29, 1.82) is 0 Å². The summed E-state index contributed by atoms with van der Waals surface area (Å²) >= 11 is 0. The van der Waals surface area contributed by atoms with Crippen LogP contribution in [0.2, 0.25) is 0 Å². The highest BCUT2D eigenvalue weighted by atomic mass is 16.5. The SMILES string of the molecule is C=C(C)C(=O)Oc1ccc(-c2ccc(OC(=O)C(=C)COC)cc2-c2ccc(OCCCCC)cc2)cc1. The molecule has 3 rings (SSSR count). The molecule has 6 heteroatoms. The molecule has 3 aromatic carbocycles. The Morgan fingerprint density at radius 3 is 1.92 bits per heavy atom. The third-order valence-corrected chi connectivity index (χ3v) is 5.72. The summed E-state index contributed by atoms with van der Waals surface area (Å²) in [7, 11) is 1.49. The molecule has 0 radical (unpaired) electrons. The van der Waals surface area contributed by atoms with E-state index < -0.39 is 11.9 Å². The van der Waals surface area contributed by atoms with Crippen LogP contribution in [0.1, 0.15) is 33.1 Å². The summed E-state index contributed by atoms with van der Waals surface area (Å²) in [6.45, 7) is 11.9. The molecule has 0 fully saturated rings. The van der Waals surface area contributed by atoms with Gasteiger partial charge >= 0.3 is 11.9 Å². The van der Waals surface area contributed by atoms with E-state index in [9.17, 15) is 9.59 Å². The second-order valence-electron chi connectivity index (χ2n) is 8.91. The minimum Gasteiger partial charge on any atom is -0.494 e. The van der Waals surface area contributed by atoms with Crippen LogP contribution >= 0.6 is 0 Å². The summed E-state index contributed by atoms with van der Waals surface area (Å²) in [6.07, 6.45) is 3.29. The molecule has 0 bridgehead atoms. The van der Waals surface area contributed by atoms with Crippen LogP contribution in [0, 0.1) is 0 Å². The van der Waals surface area contributed by atoms with Crippen molar-refractivity contribution in [2.24, 2.45) is 0 Å². The summed E-state index contributed by atoms with van der Waals surface area (Å²) in [5.41, 5.74) is 4.14. The number of methoxy groups -OCH3 is 1. The number of unbranched alkanes of at least 4 members (excludes halogenated alkanes) is 2. The first-order chi connectivity index (χ1) is 18.3. The van der Waals surface area contributed by atoms with E-state index in [-0.39, 0.29) is 12.2 Å². The van der Waals surface area contributed by atoms with E-state index in [4.69, 9.17) is 18.9 Å². The van der Waals surface area contributed by atoms with Crippen molar-refractivity contribution in [1.82, 2.24) is 0 Å². The molecule has 198 valence electrons. The molecule has 0 spiro atoms. The highest BCUT2D eigenvalue weighted by Gasteiger charge is 2.15. The zero-order valence-electron chi connectivity index (χ0n) is 22.3. The zero-order valence-corrected chi connectivity index (χ0v) is 22.3. The molecule has 0 saturated carbocycles. The minimum atomic E-state index is -0.551. The molecule has 0 amide bonds. The molecule has 0 aliphatic rings. The summed E-state index contributed by atoms with van der Waals surface area (Å²) in [6, 6.07) is 20.5. The van der Waals surface area contributed by atoms with Gasteiger partial charge in [-0.2, -0.15) is 0 Å². The fraction of sp³-hybridized carbons (Fsp3) is 0.250. The fourth-order valence-corrected chi connectivity index (χ4v) is 3.66. The van der Waals surface area contributed by atoms with Crippen LogP contribution in [0.3, 0.4) is 0 Å². The van der Waals surface area contributed by atoms with E-state index in [2.05, 4.69) is 20.1 Å². The van der Waals surface area contributed by atoms with Gasteiger partial charge in [0.2, 0.25) is 0 Å². The Labute approximate surface area is 224 Å². The molecular formula is C32H34O6. The molecule has 0 aliphatic heterocycles. The van der Waals surface area contributed by atoms with Crippen LogP contribution in [0.15, 0.2) is 91.0 Å². The van der Waals surface area contributed by atoms with Gasteiger partial charge in [0.05, 0.1) is 18.8 Å². The monoisotopic (exact) mass is 514 g/mol. The second-order valence-corrected chi connectivity index (χ2v) is 8.91. The van der Waals surface area contributed by atoms with Gasteiger partial charge in [0.25, 0.3) is 0 Å². The normalized spacial score (nSPS) is 10.5. The molecule has 0 aromatic heterocycles. The van der Waals surface area contributed by atoms with Crippen molar-refractivity contribution in [3.8, 4) is 39.5 Å². The van der Waals surface area contributed by atoms with Gasteiger partial charge in [-0.25, -0.2) is 9.59 Å². The van der Waals surface area contributed by atoms with Gasteiger partial charge < -0.3 is 18.9 Å². The predicted octanol–water partition coefficient (Wildman–Crippen LogP) is 7.18. The van der Waals surface area contributed by atoms with Gasteiger partial charge in [-0.05, 0) is 72.0 Å². The van der Waals surface area contributed by atoms with Crippen LogP contribution in [0.25, 0.3) is 22.3 Å². The molecule has 38 heavy (non-hydrogen) atoms. The highest BCUT2D eigenvalue weighted by Crippen LogP contribution is 2.36. The minimum absolute atomic E-state index is 0.0891. The van der Waals surface area contributed by atoms with Gasteiger partial charge in [-0.15, -0.1) is 0 Å². The average Bonchev–Trinajstić information content (AvgIpc) is 2.92. The molecule has 0 aliphatic carbocycles. The van der Waals surface area contributed by atoms with Gasteiger partial charge in [0.15, 0.2) is 0 Å². The molecule has 0 unspecified atom stereocenters. The summed E-state index contributed by atoms with van der Waals surface area (Å²) in [5, 5.41) is 0. The number of benzene rings is 3. The topological polar surface area (TPSA) is 71.1 Å². The molecular weight excluding hydrogens is 480 g/mol. The van der Waals surface area contributed by atoms with Crippen molar-refractivity contribution >= 4 is 11.9 Å². The molecule has 3 aromatic rings. The summed E-state index contributed by atoms with van der Waals surface area (Å²) in [4.78, 5) is 24.3. The van der Waals surface area contributed by atoms with Gasteiger partial charge in [0.1, 0.15) is 17.2 Å². The lowest BCUT2D eigenvalue weighted by molar-refractivity contribution is -0.131. The smallest absolute Gasteiger partial charge is 0.341 e. The summed E-state index contributed by atoms with van der Waals surface area (Å²) < 4.78 is 21.7. The number of rotatable bonds is 13. The number of hydrogen-bond donors (Lipinski definition) is 0. The number of hydrogen-bond acceptors (Lipinski definition) is 6. The number of ether oxygens (including phenoxy) is 4. The van der Waals surface area contributed by atoms with Crippen molar-refractivity contribution < 1.29 is 28.5 Å². The lowest BCUT2D eigenvalue weighted by Crippen LogP contribution is -2.14. The number of carbonyl (C=O) groups excluding carboxylic acids is 2. The maximum atomic E-state index is 12.4. The van der Waals surface area contributed by atoms with E-state index in [1.165, 1.54) is 7.11 Å². The number of esters is 2. The van der Waals surface area contributed by atoms with E-state index in [0.29, 0.717) is 23.7 Å². The fourth-order valence-electron chi connectivity index (χ4n) is 3.66. The van der Waals surface area contributed by atoms with E-state index in [1.807, 2.05) is 48.5 Å². The van der Waals surface area contributed by atoms with Crippen molar-refractivity contribution in [3.63, 3.8) is 0 Å². The molecule has 0 N–H and O–H groups in total. The maximum Gasteiger partial charge on any atom is 0.341 e. The van der Waals surface area contributed by atoms with Crippen LogP contribution in [-0.2, 0) is 14.3 Å². The second kappa shape index (κ2) is 14.0. The molecule has 6 nitrogen and oxygen atoms in total. The van der Waals surface area contributed by atoms with Crippen LogP contribution in [0.4, 0.5) is 0 Å². The largest absolute Gasteiger partial charge is 0.494 e. The first-order valence-electron chi connectivity index (χ1n) is 12.6. The third kappa shape index (κ3) is 7.92. The van der Waals surface area contributed by atoms with Gasteiger partial charge in [-0.3, -0.25) is 0 Å². The quantitative estimate of drug-likeness (QED) is 0.104. The maximum absolute atomic E-state index is 12.4. The van der Waals surface area contributed by atoms with Gasteiger partial charge in [0, 0.05) is 12.7 Å². The van der Waals surface area contributed by atoms with Crippen molar-refractivity contribution in [3.05, 3.63) is 91.0 Å². The Kier molecular flexibility index (Phi) is 10.4. The van der Waals surface area contributed by atoms with Crippen molar-refractivity contribution in [2.75, 3.05) is 20.3 Å². The van der Waals surface area contributed by atoms with Crippen LogP contribution < -0.4 is 14.2 Å². The van der Waals surface area contributed by atoms with Crippen LogP contribution in [-0.4, -0.2) is 32.3 Å². The highest BCUT2D eigenvalue weighted by molar-refractivity contribution is 5.91. The first-order valence-corrected chi connectivity index (χ1v) is 12.6. The third-order valence-electron chi connectivity index (χ3n) is 5.72. The van der Waals surface area contributed by atoms with E-state index in [1.54, 1.807) is 25.1 Å². The standard InChI is InChI=1S/C32H34O6/c1-6-7-8-19-36-26-13-9-25(10-14-26)30-20-28(38-32(34)23(4)21-35-5)17-18-29(30)24-11-15-27(16-12-24)37-31(33)22(2)3/h9-18,20H,2,4,6-8,19,21H2,1,3,5H3. The Morgan fingerprint density at radius 2 is 1.32 bits per heavy atom. The molecule has 0 heterocycles. The molecule has 0 saturated heterocycles. The van der Waals surface area contributed by atoms with E-state index in [0.717, 1.165) is 47.3 Å². The Bertz CT molecular complexity index is 1270. The first kappa shape index (κ1) is 28.4. The Hall–Kier alpha value is -4.16. The summed E-state index contributed by atoms with van der Waals surface area (Å²) in [5.74, 6) is 0.586. The zero-order chi connectivity index (χ0) is 27.5. The van der Waals surface area contributed by atoms with Crippen molar-refractivity contribution in [2.45, 2.75) is 33.1 Å². The van der Waals surface area contributed by atoms with E-state index >= 15 is 0 Å². The predicted molar refractivity (Wildman–Crippen MR) is 149 cm³/mol. The lowest BCUT2D eigenvalue weighted by atomic mass is 9.94. The average molecular weight is 515 g/mol. The Balaban J connectivity index is 1.92. The Morgan fingerprint density at radius 1 is 0.737 bits per heavy atom. The number of carbonyl (C=O) groups is 2. The molecule has 0 atom stereocenters. The lowest BCUT2D eigenvalue weighted by Gasteiger charge is -2.14.